The minimum atomic E-state index is -0.483. The number of aliphatic hydroxyl groups excluding tert-OH is 1. The molecule has 4 heteroatoms. The van der Waals surface area contributed by atoms with E-state index in [2.05, 4.69) is 11.1 Å². The monoisotopic (exact) mass is 265 g/mol. The molecule has 0 saturated heterocycles. The van der Waals surface area contributed by atoms with Crippen molar-refractivity contribution in [2.24, 2.45) is 0 Å². The van der Waals surface area contributed by atoms with Crippen LogP contribution in [0.3, 0.4) is 0 Å². The van der Waals surface area contributed by atoms with E-state index in [0.29, 0.717) is 0 Å². The van der Waals surface area contributed by atoms with Crippen LogP contribution in [-0.4, -0.2) is 10.1 Å². The molecule has 0 aromatic carbocycles. The van der Waals surface area contributed by atoms with Crippen molar-refractivity contribution in [3.05, 3.63) is 50.9 Å². The fraction of sp³-hybridized carbons (Fsp3) is 0.308. The molecule has 0 aliphatic heterocycles. The zero-order chi connectivity index (χ0) is 11.8. The summed E-state index contributed by atoms with van der Waals surface area (Å²) < 4.78 is 0.721. The average Bonchev–Trinajstić information content (AvgIpc) is 2.94. The van der Waals surface area contributed by atoms with E-state index in [1.807, 2.05) is 18.2 Å². The average molecular weight is 266 g/mol. The van der Waals surface area contributed by atoms with Crippen molar-refractivity contribution in [2.45, 2.75) is 24.9 Å². The number of halogens is 1. The third-order valence-corrected chi connectivity index (χ3v) is 4.57. The number of rotatable bonds is 2. The van der Waals surface area contributed by atoms with Gasteiger partial charge in [-0.1, -0.05) is 17.7 Å². The Labute approximate surface area is 109 Å². The zero-order valence-electron chi connectivity index (χ0n) is 9.14. The topological polar surface area (TPSA) is 33.1 Å². The van der Waals surface area contributed by atoms with E-state index < -0.39 is 6.10 Å². The number of hydrogen-bond acceptors (Lipinski definition) is 3. The van der Waals surface area contributed by atoms with Gasteiger partial charge in [0.15, 0.2) is 0 Å². The number of aliphatic hydroxyl groups is 1. The predicted molar refractivity (Wildman–Crippen MR) is 69.6 cm³/mol. The van der Waals surface area contributed by atoms with Gasteiger partial charge in [-0.15, -0.1) is 11.3 Å². The summed E-state index contributed by atoms with van der Waals surface area (Å²) in [6, 6.07) is 7.78. The van der Waals surface area contributed by atoms with Crippen LogP contribution in [-0.2, 0) is 6.42 Å². The van der Waals surface area contributed by atoms with E-state index in [1.165, 1.54) is 16.9 Å². The van der Waals surface area contributed by atoms with Gasteiger partial charge >= 0.3 is 0 Å². The van der Waals surface area contributed by atoms with Gasteiger partial charge in [-0.2, -0.15) is 0 Å². The van der Waals surface area contributed by atoms with E-state index in [9.17, 15) is 5.11 Å². The molecule has 1 aliphatic carbocycles. The summed E-state index contributed by atoms with van der Waals surface area (Å²) in [4.78, 5) is 5.33. The van der Waals surface area contributed by atoms with Gasteiger partial charge in [0.05, 0.1) is 10.4 Å². The molecule has 0 bridgehead atoms. The molecule has 2 aromatic rings. The van der Waals surface area contributed by atoms with E-state index in [1.54, 1.807) is 6.20 Å². The molecule has 0 radical (unpaired) electrons. The second-order valence-electron chi connectivity index (χ2n) is 4.28. The molecule has 0 amide bonds. The molecular formula is C13H12ClNOS. The predicted octanol–water partition coefficient (Wildman–Crippen LogP) is 3.56. The smallest absolute Gasteiger partial charge is 0.0966 e. The van der Waals surface area contributed by atoms with Crippen molar-refractivity contribution in [3.63, 3.8) is 0 Å². The highest BCUT2D eigenvalue weighted by Gasteiger charge is 2.31. The zero-order valence-corrected chi connectivity index (χ0v) is 10.7. The molecule has 0 spiro atoms. The Morgan fingerprint density at radius 1 is 1.41 bits per heavy atom. The number of hydrogen-bond donors (Lipinski definition) is 1. The third-order valence-electron chi connectivity index (χ3n) is 3.27. The van der Waals surface area contributed by atoms with Crippen LogP contribution < -0.4 is 0 Å². The molecule has 17 heavy (non-hydrogen) atoms. The number of thiophene rings is 1. The Kier molecular flexibility index (Phi) is 2.90. The van der Waals surface area contributed by atoms with E-state index in [4.69, 9.17) is 11.6 Å². The van der Waals surface area contributed by atoms with E-state index >= 15 is 0 Å². The summed E-state index contributed by atoms with van der Waals surface area (Å²) in [7, 11) is 0. The Hall–Kier alpha value is -0.900. The summed E-state index contributed by atoms with van der Waals surface area (Å²) in [5.74, 6) is 0.112. The first-order chi connectivity index (χ1) is 8.25. The second-order valence-corrected chi connectivity index (χ2v) is 6.03. The normalized spacial score (nSPS) is 20.2. The molecule has 88 valence electrons. The van der Waals surface area contributed by atoms with Crippen LogP contribution in [0.2, 0.25) is 4.34 Å². The van der Waals surface area contributed by atoms with Crippen molar-refractivity contribution in [2.75, 3.05) is 0 Å². The summed E-state index contributed by atoms with van der Waals surface area (Å²) in [5.41, 5.74) is 2.31. The first-order valence-electron chi connectivity index (χ1n) is 5.63. The summed E-state index contributed by atoms with van der Waals surface area (Å²) in [5, 5.41) is 10.4. The molecule has 2 unspecified atom stereocenters. The molecule has 3 rings (SSSR count). The highest BCUT2D eigenvalue weighted by molar-refractivity contribution is 7.16. The Morgan fingerprint density at radius 2 is 2.29 bits per heavy atom. The molecule has 2 heterocycles. The van der Waals surface area contributed by atoms with Gasteiger partial charge in [-0.05, 0) is 36.6 Å². The highest BCUT2D eigenvalue weighted by atomic mass is 35.5. The van der Waals surface area contributed by atoms with Crippen LogP contribution in [0.5, 0.6) is 0 Å². The first-order valence-corrected chi connectivity index (χ1v) is 6.82. The van der Waals surface area contributed by atoms with Crippen molar-refractivity contribution in [1.82, 2.24) is 4.98 Å². The van der Waals surface area contributed by atoms with Crippen LogP contribution in [0, 0.1) is 0 Å². The maximum absolute atomic E-state index is 10.4. The van der Waals surface area contributed by atoms with Crippen LogP contribution in [0.15, 0.2) is 30.5 Å². The van der Waals surface area contributed by atoms with Crippen molar-refractivity contribution >= 4 is 22.9 Å². The van der Waals surface area contributed by atoms with Gasteiger partial charge in [0, 0.05) is 22.7 Å². The number of nitrogens with zero attached hydrogens (tertiary/aromatic N) is 1. The van der Waals surface area contributed by atoms with Crippen LogP contribution >= 0.6 is 22.9 Å². The van der Waals surface area contributed by atoms with Crippen LogP contribution in [0.1, 0.15) is 34.6 Å². The number of pyridine rings is 1. The molecule has 2 atom stereocenters. The maximum Gasteiger partial charge on any atom is 0.0966 e. The first kappa shape index (κ1) is 11.2. The standard InChI is InChI=1S/C13H12ClNOS/c14-11-6-5-10(17-11)13(16)9-4-3-8-2-1-7-15-12(8)9/h1-2,5-7,9,13,16H,3-4H2. The molecule has 0 fully saturated rings. The van der Waals surface area contributed by atoms with Crippen molar-refractivity contribution < 1.29 is 5.11 Å². The van der Waals surface area contributed by atoms with Gasteiger partial charge in [0.2, 0.25) is 0 Å². The fourth-order valence-corrected chi connectivity index (χ4v) is 3.55. The van der Waals surface area contributed by atoms with Crippen molar-refractivity contribution in [3.8, 4) is 0 Å². The van der Waals surface area contributed by atoms with Crippen LogP contribution in [0.4, 0.5) is 0 Å². The lowest BCUT2D eigenvalue weighted by molar-refractivity contribution is 0.147. The van der Waals surface area contributed by atoms with Crippen molar-refractivity contribution in [1.29, 1.82) is 0 Å². The Morgan fingerprint density at radius 3 is 3.06 bits per heavy atom. The molecule has 2 aromatic heterocycles. The second kappa shape index (κ2) is 4.41. The maximum atomic E-state index is 10.4. The lowest BCUT2D eigenvalue weighted by Gasteiger charge is -2.16. The minimum Gasteiger partial charge on any atom is -0.387 e. The number of aryl methyl sites for hydroxylation is 1. The number of fused-ring (bicyclic) bond motifs is 1. The Bertz CT molecular complexity index is 540. The van der Waals surface area contributed by atoms with Gasteiger partial charge in [0.1, 0.15) is 0 Å². The fourth-order valence-electron chi connectivity index (χ4n) is 2.44. The summed E-state index contributed by atoms with van der Waals surface area (Å²) in [6.45, 7) is 0. The highest BCUT2D eigenvalue weighted by Crippen LogP contribution is 2.42. The Balaban J connectivity index is 1.92. The molecule has 1 N–H and O–H groups in total. The van der Waals surface area contributed by atoms with Gasteiger partial charge in [-0.3, -0.25) is 4.98 Å². The van der Waals surface area contributed by atoms with E-state index in [-0.39, 0.29) is 5.92 Å². The molecule has 1 aliphatic rings. The summed E-state index contributed by atoms with van der Waals surface area (Å²) in [6.07, 6.45) is 3.28. The molecule has 0 saturated carbocycles. The molecule has 2 nitrogen and oxygen atoms in total. The van der Waals surface area contributed by atoms with Gasteiger partial charge in [-0.25, -0.2) is 0 Å². The number of aromatic nitrogens is 1. The summed E-state index contributed by atoms with van der Waals surface area (Å²) >= 11 is 7.35. The lowest BCUT2D eigenvalue weighted by atomic mass is 9.98. The lowest BCUT2D eigenvalue weighted by Crippen LogP contribution is -2.07. The van der Waals surface area contributed by atoms with Crippen LogP contribution in [0.25, 0.3) is 0 Å². The largest absolute Gasteiger partial charge is 0.387 e. The molecular weight excluding hydrogens is 254 g/mol. The third kappa shape index (κ3) is 1.99. The van der Waals surface area contributed by atoms with Gasteiger partial charge in [0.25, 0.3) is 0 Å². The minimum absolute atomic E-state index is 0.112. The SMILES string of the molecule is OC(c1ccc(Cl)s1)C1CCc2cccnc21. The van der Waals surface area contributed by atoms with Gasteiger partial charge < -0.3 is 5.11 Å². The quantitative estimate of drug-likeness (QED) is 0.901. The van der Waals surface area contributed by atoms with E-state index in [0.717, 1.165) is 27.7 Å².